The zero-order valence-electron chi connectivity index (χ0n) is 30.5. The number of hydrogen-bond donors (Lipinski definition) is 1. The van der Waals surface area contributed by atoms with Gasteiger partial charge in [-0.25, -0.2) is 9.67 Å². The third-order valence-corrected chi connectivity index (χ3v) is 5.38. The van der Waals surface area contributed by atoms with E-state index >= 15 is 0 Å². The summed E-state index contributed by atoms with van der Waals surface area (Å²) in [5.74, 6) is 0.390. The predicted molar refractivity (Wildman–Crippen MR) is 139 cm³/mol. The summed E-state index contributed by atoms with van der Waals surface area (Å²) in [6.45, 7) is -16.2. The number of nitrogens with zero attached hydrogens (tertiary/aromatic N) is 8. The van der Waals surface area contributed by atoms with Crippen LogP contribution in [0.1, 0.15) is 15.1 Å². The van der Waals surface area contributed by atoms with Crippen molar-refractivity contribution in [1.29, 1.82) is 0 Å². The fourth-order valence-electron chi connectivity index (χ4n) is 3.60. The van der Waals surface area contributed by atoms with Crippen LogP contribution in [0.4, 0.5) is 11.6 Å². The SMILES string of the molecule is [2H]c1nn(CCN2C([2H])([2H])C([2H])([2H])N(c3ccc(OC([2H])([2H])COC)cc3)C([2H])([2H])C2([2H])[2H])c2nc(N)n3nc(-c4ccco4)nc3c12. The van der Waals surface area contributed by atoms with Crippen molar-refractivity contribution in [3.63, 3.8) is 0 Å². The van der Waals surface area contributed by atoms with Gasteiger partial charge in [0.1, 0.15) is 12.3 Å². The topological polar surface area (TPSA) is 125 Å². The molecule has 1 aliphatic rings. The highest BCUT2D eigenvalue weighted by Crippen LogP contribution is 2.24. The van der Waals surface area contributed by atoms with Crippen LogP contribution in [0.5, 0.6) is 5.75 Å². The number of piperazine rings is 1. The highest BCUT2D eigenvalue weighted by molar-refractivity contribution is 5.90. The second kappa shape index (κ2) is 10.1. The van der Waals surface area contributed by atoms with E-state index in [1.165, 1.54) is 46.8 Å². The summed E-state index contributed by atoms with van der Waals surface area (Å²) < 4.78 is 112. The van der Waals surface area contributed by atoms with Crippen LogP contribution in [0.25, 0.3) is 28.3 Å². The molecule has 0 bridgehead atoms. The second-order valence-electron chi connectivity index (χ2n) is 7.76. The van der Waals surface area contributed by atoms with Gasteiger partial charge in [-0.3, -0.25) is 4.90 Å². The van der Waals surface area contributed by atoms with E-state index in [1.54, 1.807) is 12.1 Å². The number of benzene rings is 1. The van der Waals surface area contributed by atoms with Crippen molar-refractivity contribution >= 4 is 28.3 Å². The van der Waals surface area contributed by atoms with E-state index in [4.69, 9.17) is 34.7 Å². The number of fused-ring (bicyclic) bond motifs is 3. The molecule has 0 saturated carbocycles. The van der Waals surface area contributed by atoms with Gasteiger partial charge in [-0.2, -0.15) is 14.6 Å². The van der Waals surface area contributed by atoms with E-state index in [0.29, 0.717) is 15.6 Å². The molecule has 1 fully saturated rings. The molecule has 0 unspecified atom stereocenters. The monoisotopic (exact) mass is 514 g/mol. The molecule has 0 aliphatic carbocycles. The minimum Gasteiger partial charge on any atom is -0.491 e. The summed E-state index contributed by atoms with van der Waals surface area (Å²) in [6, 6.07) is 8.10. The van der Waals surface area contributed by atoms with Crippen LogP contribution in [0.2, 0.25) is 0 Å². The highest BCUT2D eigenvalue weighted by Gasteiger charge is 2.20. The van der Waals surface area contributed by atoms with Gasteiger partial charge in [-0.15, -0.1) is 5.10 Å². The number of hydrogen-bond acceptors (Lipinski definition) is 10. The molecule has 5 aromatic rings. The summed E-state index contributed by atoms with van der Waals surface area (Å²) >= 11 is 0. The third kappa shape index (κ3) is 4.68. The Hall–Kier alpha value is -4.16. The number of aromatic nitrogens is 6. The first-order chi connectivity index (χ1) is 22.3. The molecule has 0 atom stereocenters. The standard InChI is InChI=1S/C25H29N9O3/c1-35-15-16-36-19-6-4-18(5-7-19)32-11-8-31(9-12-32)10-13-33-23-20(17-27-33)24-28-22(21-3-2-14-37-21)30-34(24)25(26)29-23/h2-7,14,17H,8-13,15-16H2,1H3,(H2,26,29)/i8D2,9D2,11D2,12D2,16D2,17D. The van der Waals surface area contributed by atoms with E-state index in [-0.39, 0.29) is 59.2 Å². The van der Waals surface area contributed by atoms with Gasteiger partial charge in [-0.05, 0) is 36.4 Å². The Morgan fingerprint density at radius 1 is 1.11 bits per heavy atom. The minimum atomic E-state index is -3.17. The molecule has 1 saturated heterocycles. The Labute approximate surface area is 228 Å². The van der Waals surface area contributed by atoms with Gasteiger partial charge >= 0.3 is 0 Å². The van der Waals surface area contributed by atoms with Crippen LogP contribution < -0.4 is 15.4 Å². The van der Waals surface area contributed by atoms with E-state index < -0.39 is 39.1 Å². The highest BCUT2D eigenvalue weighted by atomic mass is 16.5. The van der Waals surface area contributed by atoms with Crippen LogP contribution in [0.15, 0.2) is 53.3 Å². The summed E-state index contributed by atoms with van der Waals surface area (Å²) in [7, 11) is 1.29. The van der Waals surface area contributed by atoms with Crippen molar-refractivity contribution in [1.82, 2.24) is 34.3 Å². The van der Waals surface area contributed by atoms with Crippen molar-refractivity contribution in [2.75, 3.05) is 63.4 Å². The van der Waals surface area contributed by atoms with Crippen molar-refractivity contribution in [3.05, 3.63) is 48.8 Å². The maximum atomic E-state index is 8.80. The fraction of sp³-hybridized carbons (Fsp3) is 0.360. The molecular weight excluding hydrogens is 474 g/mol. The van der Waals surface area contributed by atoms with Gasteiger partial charge < -0.3 is 24.5 Å². The zero-order chi connectivity index (χ0) is 35.0. The lowest BCUT2D eigenvalue weighted by atomic mass is 10.2. The normalized spacial score (nSPS) is 24.9. The van der Waals surface area contributed by atoms with Crippen molar-refractivity contribution in [2.24, 2.45) is 0 Å². The quantitative estimate of drug-likeness (QED) is 0.313. The first-order valence-corrected chi connectivity index (χ1v) is 11.1. The van der Waals surface area contributed by atoms with Gasteiger partial charge in [-0.1, -0.05) is 0 Å². The van der Waals surface area contributed by atoms with Gasteiger partial charge in [0.15, 0.2) is 17.1 Å². The maximum Gasteiger partial charge on any atom is 0.225 e. The van der Waals surface area contributed by atoms with Crippen LogP contribution in [0.3, 0.4) is 0 Å². The number of furan rings is 1. The lowest BCUT2D eigenvalue weighted by molar-refractivity contribution is 0.146. The van der Waals surface area contributed by atoms with Gasteiger partial charge in [0, 0.05) is 50.8 Å². The van der Waals surface area contributed by atoms with Crippen LogP contribution in [-0.2, 0) is 11.3 Å². The van der Waals surface area contributed by atoms with E-state index in [0.717, 1.165) is 0 Å². The molecule has 0 amide bonds. The summed E-state index contributed by atoms with van der Waals surface area (Å²) in [4.78, 5) is 9.54. The molecule has 12 nitrogen and oxygen atoms in total. The molecule has 0 radical (unpaired) electrons. The number of methoxy groups -OCH3 is 1. The van der Waals surface area contributed by atoms with Crippen LogP contribution in [-0.4, -0.2) is 87.1 Å². The van der Waals surface area contributed by atoms with Gasteiger partial charge in [0.2, 0.25) is 11.8 Å². The minimum absolute atomic E-state index is 0.00151. The first-order valence-electron chi connectivity index (χ1n) is 16.6. The lowest BCUT2D eigenvalue weighted by Crippen LogP contribution is -2.47. The molecule has 1 aliphatic heterocycles. The Morgan fingerprint density at radius 3 is 2.70 bits per heavy atom. The molecule has 5 heterocycles. The van der Waals surface area contributed by atoms with Gasteiger partial charge in [0.25, 0.3) is 0 Å². The van der Waals surface area contributed by atoms with Crippen molar-refractivity contribution in [2.45, 2.75) is 6.54 Å². The molecule has 0 spiro atoms. The molecule has 1 aromatic carbocycles. The second-order valence-corrected chi connectivity index (χ2v) is 7.76. The fourth-order valence-corrected chi connectivity index (χ4v) is 3.60. The largest absolute Gasteiger partial charge is 0.491 e. The van der Waals surface area contributed by atoms with E-state index in [9.17, 15) is 0 Å². The number of nitrogen functional groups attached to an aromatic ring is 1. The Bertz CT molecular complexity index is 1940. The predicted octanol–water partition coefficient (Wildman–Crippen LogP) is 2.16. The summed E-state index contributed by atoms with van der Waals surface area (Å²) in [5, 5.41) is 8.58. The molecule has 12 heteroatoms. The molecule has 2 N–H and O–H groups in total. The molecule has 192 valence electrons. The molecule has 4 aromatic heterocycles. The molecule has 6 rings (SSSR count). The Kier molecular flexibility index (Phi) is 3.80. The zero-order valence-corrected chi connectivity index (χ0v) is 19.5. The van der Waals surface area contributed by atoms with E-state index in [1.807, 2.05) is 0 Å². The first kappa shape index (κ1) is 14.0. The average Bonchev–Trinajstić information content (AvgIpc) is 3.72. The third-order valence-electron chi connectivity index (χ3n) is 5.38. The van der Waals surface area contributed by atoms with Crippen LogP contribution in [0, 0.1) is 0 Å². The van der Waals surface area contributed by atoms with Crippen molar-refractivity contribution < 1.29 is 29.0 Å². The van der Waals surface area contributed by atoms with Gasteiger partial charge in [0.05, 0.1) is 40.6 Å². The maximum absolute atomic E-state index is 8.80. The smallest absolute Gasteiger partial charge is 0.225 e. The number of rotatable bonds is 9. The molecule has 37 heavy (non-hydrogen) atoms. The molecular formula is C25H29N9O3. The lowest BCUT2D eigenvalue weighted by Gasteiger charge is -2.36. The number of anilines is 2. The van der Waals surface area contributed by atoms with Crippen molar-refractivity contribution in [3.8, 4) is 17.3 Å². The summed E-state index contributed by atoms with van der Waals surface area (Å²) in [6.07, 6.45) is 1.15. The van der Waals surface area contributed by atoms with E-state index in [2.05, 4.69) is 20.2 Å². The Balaban J connectivity index is 1.32. The number of nitrogens with two attached hydrogens (primary N) is 1. The average molecular weight is 515 g/mol. The number of ether oxygens (including phenoxy) is 2. The Morgan fingerprint density at radius 2 is 1.95 bits per heavy atom. The summed E-state index contributed by atoms with van der Waals surface area (Å²) in [5.41, 5.74) is 6.10. The van der Waals surface area contributed by atoms with Crippen LogP contribution >= 0.6 is 0 Å².